The van der Waals surface area contributed by atoms with Crippen molar-refractivity contribution in [1.82, 2.24) is 0 Å². The number of alkyl halides is 1. The van der Waals surface area contributed by atoms with E-state index in [2.05, 4.69) is 13.8 Å². The van der Waals surface area contributed by atoms with E-state index >= 15 is 0 Å². The van der Waals surface area contributed by atoms with Gasteiger partial charge in [0.15, 0.2) is 0 Å². The molecule has 17 heavy (non-hydrogen) atoms. The number of nitrogens with two attached hydrogens (primary N) is 2. The largest absolute Gasteiger partial charge is 0.327 e. The van der Waals surface area contributed by atoms with Crippen molar-refractivity contribution < 1.29 is 0 Å². The molecular formula is C13H25ClN2S. The van der Waals surface area contributed by atoms with Crippen LogP contribution in [0.1, 0.15) is 39.5 Å². The zero-order valence-corrected chi connectivity index (χ0v) is 12.4. The van der Waals surface area contributed by atoms with Gasteiger partial charge in [0.2, 0.25) is 0 Å². The standard InChI is InChI=1S/C13H25ClN2S/c1-7-8(2)17-13(16)11(7)12(15)9-3-5-10(14)6-4-9/h7-13H,3-6,15-16H2,1-2H3. The Balaban J connectivity index is 1.97. The van der Waals surface area contributed by atoms with Crippen LogP contribution in [0.15, 0.2) is 0 Å². The summed E-state index contributed by atoms with van der Waals surface area (Å²) in [6.45, 7) is 4.58. The summed E-state index contributed by atoms with van der Waals surface area (Å²) in [6.07, 6.45) is 4.62. The highest BCUT2D eigenvalue weighted by Crippen LogP contribution is 2.44. The fraction of sp³-hybridized carbons (Fsp3) is 1.00. The summed E-state index contributed by atoms with van der Waals surface area (Å²) >= 11 is 8.06. The summed E-state index contributed by atoms with van der Waals surface area (Å²) < 4.78 is 0. The molecule has 100 valence electrons. The first-order chi connectivity index (χ1) is 8.00. The Hall–Kier alpha value is 0.560. The molecule has 1 saturated carbocycles. The van der Waals surface area contributed by atoms with Crippen molar-refractivity contribution >= 4 is 23.4 Å². The molecule has 0 bridgehead atoms. The molecular weight excluding hydrogens is 252 g/mol. The van der Waals surface area contributed by atoms with Crippen molar-refractivity contribution in [2.24, 2.45) is 29.2 Å². The van der Waals surface area contributed by atoms with Crippen molar-refractivity contribution in [3.8, 4) is 0 Å². The van der Waals surface area contributed by atoms with E-state index in [0.717, 1.165) is 12.8 Å². The quantitative estimate of drug-likeness (QED) is 0.763. The highest BCUT2D eigenvalue weighted by Gasteiger charge is 2.43. The zero-order valence-electron chi connectivity index (χ0n) is 10.8. The smallest absolute Gasteiger partial charge is 0.0556 e. The van der Waals surface area contributed by atoms with Crippen LogP contribution in [0.5, 0.6) is 0 Å². The van der Waals surface area contributed by atoms with Crippen LogP contribution in [0.25, 0.3) is 0 Å². The Bertz CT molecular complexity index is 256. The lowest BCUT2D eigenvalue weighted by molar-refractivity contribution is 0.206. The molecule has 1 saturated heterocycles. The van der Waals surface area contributed by atoms with E-state index in [-0.39, 0.29) is 11.4 Å². The molecule has 0 amide bonds. The molecule has 0 spiro atoms. The first-order valence-corrected chi connectivity index (χ1v) is 8.19. The van der Waals surface area contributed by atoms with E-state index in [1.807, 2.05) is 11.8 Å². The number of halogens is 1. The maximum absolute atomic E-state index is 6.51. The Kier molecular flexibility index (Phi) is 4.67. The number of hydrogen-bond donors (Lipinski definition) is 2. The lowest BCUT2D eigenvalue weighted by Crippen LogP contribution is -2.46. The van der Waals surface area contributed by atoms with Crippen molar-refractivity contribution in [3.05, 3.63) is 0 Å². The van der Waals surface area contributed by atoms with Gasteiger partial charge in [-0.1, -0.05) is 13.8 Å². The Morgan fingerprint density at radius 2 is 1.76 bits per heavy atom. The van der Waals surface area contributed by atoms with Gasteiger partial charge in [0.05, 0.1) is 5.37 Å². The van der Waals surface area contributed by atoms with Gasteiger partial charge in [-0.05, 0) is 37.5 Å². The summed E-state index contributed by atoms with van der Waals surface area (Å²) in [6, 6.07) is 0.265. The van der Waals surface area contributed by atoms with Gasteiger partial charge in [-0.2, -0.15) is 0 Å². The maximum Gasteiger partial charge on any atom is 0.0556 e. The molecule has 0 radical (unpaired) electrons. The van der Waals surface area contributed by atoms with E-state index in [0.29, 0.717) is 28.4 Å². The topological polar surface area (TPSA) is 52.0 Å². The first kappa shape index (κ1) is 14.0. The molecule has 0 aromatic heterocycles. The molecule has 4 heteroatoms. The monoisotopic (exact) mass is 276 g/mol. The summed E-state index contributed by atoms with van der Waals surface area (Å²) in [5.74, 6) is 1.75. The Labute approximate surface area is 114 Å². The lowest BCUT2D eigenvalue weighted by atomic mass is 9.74. The third kappa shape index (κ3) is 2.94. The fourth-order valence-corrected chi connectivity index (χ4v) is 5.21. The summed E-state index contributed by atoms with van der Waals surface area (Å²) in [5.41, 5.74) is 12.8. The normalized spacial score (nSPS) is 49.2. The van der Waals surface area contributed by atoms with Gasteiger partial charge >= 0.3 is 0 Å². The molecule has 2 aliphatic rings. The summed E-state index contributed by atoms with van der Waals surface area (Å²) in [7, 11) is 0. The van der Waals surface area contributed by atoms with Crippen LogP contribution in [-0.2, 0) is 0 Å². The van der Waals surface area contributed by atoms with E-state index in [1.54, 1.807) is 0 Å². The predicted octanol–water partition coefficient (Wildman–Crippen LogP) is 2.78. The van der Waals surface area contributed by atoms with Crippen LogP contribution in [0.4, 0.5) is 0 Å². The second-order valence-electron chi connectivity index (χ2n) is 5.83. The third-order valence-corrected chi connectivity index (χ3v) is 6.71. The average Bonchev–Trinajstić information content (AvgIpc) is 2.53. The van der Waals surface area contributed by atoms with Crippen LogP contribution in [-0.4, -0.2) is 22.0 Å². The average molecular weight is 277 g/mol. The van der Waals surface area contributed by atoms with Gasteiger partial charge in [-0.25, -0.2) is 0 Å². The number of rotatable bonds is 2. The van der Waals surface area contributed by atoms with E-state index in [4.69, 9.17) is 23.1 Å². The first-order valence-electron chi connectivity index (χ1n) is 6.81. The van der Waals surface area contributed by atoms with Crippen LogP contribution in [0.2, 0.25) is 0 Å². The number of thioether (sulfide) groups is 1. The molecule has 0 aromatic carbocycles. The van der Waals surface area contributed by atoms with Crippen molar-refractivity contribution in [1.29, 1.82) is 0 Å². The Morgan fingerprint density at radius 1 is 1.18 bits per heavy atom. The molecule has 2 fully saturated rings. The second-order valence-corrected chi connectivity index (χ2v) is 8.01. The van der Waals surface area contributed by atoms with Crippen molar-refractivity contribution in [2.75, 3.05) is 0 Å². The predicted molar refractivity (Wildman–Crippen MR) is 77.3 cm³/mol. The van der Waals surface area contributed by atoms with E-state index in [1.165, 1.54) is 12.8 Å². The van der Waals surface area contributed by atoms with Gasteiger partial charge in [0.1, 0.15) is 0 Å². The van der Waals surface area contributed by atoms with Gasteiger partial charge in [-0.3, -0.25) is 0 Å². The molecule has 2 rings (SSSR count). The van der Waals surface area contributed by atoms with Crippen LogP contribution < -0.4 is 11.5 Å². The van der Waals surface area contributed by atoms with Crippen LogP contribution >= 0.6 is 23.4 Å². The molecule has 1 aliphatic carbocycles. The van der Waals surface area contributed by atoms with E-state index in [9.17, 15) is 0 Å². The van der Waals surface area contributed by atoms with Gasteiger partial charge in [0.25, 0.3) is 0 Å². The summed E-state index contributed by atoms with van der Waals surface area (Å²) in [4.78, 5) is 0. The molecule has 2 nitrogen and oxygen atoms in total. The lowest BCUT2D eigenvalue weighted by Gasteiger charge is -2.36. The number of hydrogen-bond acceptors (Lipinski definition) is 3. The van der Waals surface area contributed by atoms with Crippen molar-refractivity contribution in [2.45, 2.75) is 61.6 Å². The van der Waals surface area contributed by atoms with E-state index < -0.39 is 0 Å². The maximum atomic E-state index is 6.51. The van der Waals surface area contributed by atoms with Gasteiger partial charge in [0, 0.05) is 22.6 Å². The van der Waals surface area contributed by atoms with Gasteiger partial charge < -0.3 is 11.5 Å². The van der Waals surface area contributed by atoms with Crippen LogP contribution in [0, 0.1) is 17.8 Å². The van der Waals surface area contributed by atoms with Crippen LogP contribution in [0.3, 0.4) is 0 Å². The fourth-order valence-electron chi connectivity index (χ4n) is 3.42. The zero-order chi connectivity index (χ0) is 12.6. The second kappa shape index (κ2) is 5.68. The highest BCUT2D eigenvalue weighted by molar-refractivity contribution is 8.00. The summed E-state index contributed by atoms with van der Waals surface area (Å²) in [5, 5.41) is 1.25. The molecule has 4 N–H and O–H groups in total. The molecule has 5 atom stereocenters. The minimum Gasteiger partial charge on any atom is -0.327 e. The highest BCUT2D eigenvalue weighted by atomic mass is 35.5. The Morgan fingerprint density at radius 3 is 2.24 bits per heavy atom. The minimum atomic E-state index is 0.226. The third-order valence-electron chi connectivity index (χ3n) is 4.79. The molecule has 0 aromatic rings. The molecule has 5 unspecified atom stereocenters. The van der Waals surface area contributed by atoms with Crippen molar-refractivity contribution in [3.63, 3.8) is 0 Å². The SMILES string of the molecule is CC1SC(N)C(C(N)C2CCC(Cl)CC2)C1C. The molecule has 1 aliphatic heterocycles. The van der Waals surface area contributed by atoms with Gasteiger partial charge in [-0.15, -0.1) is 23.4 Å². The minimum absolute atomic E-state index is 0.226. The molecule has 1 heterocycles.